The maximum Gasteiger partial charge on any atom is 0.418 e. The molecule has 114 valence electrons. The molecule has 0 aliphatic carbocycles. The van der Waals surface area contributed by atoms with Crippen LogP contribution in [0, 0.1) is 0 Å². The second-order valence-electron chi connectivity index (χ2n) is 4.49. The van der Waals surface area contributed by atoms with Gasteiger partial charge in [0.2, 0.25) is 0 Å². The van der Waals surface area contributed by atoms with Crippen molar-refractivity contribution in [1.82, 2.24) is 4.90 Å². The van der Waals surface area contributed by atoms with Crippen molar-refractivity contribution in [3.8, 4) is 0 Å². The number of nitrogens with zero attached hydrogens (tertiary/aromatic N) is 1. The topological polar surface area (TPSA) is 15.3 Å². The van der Waals surface area contributed by atoms with Gasteiger partial charge in [0.1, 0.15) is 0 Å². The van der Waals surface area contributed by atoms with Crippen molar-refractivity contribution in [3.05, 3.63) is 28.2 Å². The SMILES string of the molecule is CCN(CC)CCCNc1ccc(Br)cc1C(F)(F)F. The van der Waals surface area contributed by atoms with E-state index in [1.807, 2.05) is 0 Å². The highest BCUT2D eigenvalue weighted by atomic mass is 79.9. The largest absolute Gasteiger partial charge is 0.418 e. The molecule has 2 nitrogen and oxygen atoms in total. The molecule has 1 aromatic rings. The standard InChI is InChI=1S/C14H20BrF3N2/c1-3-20(4-2)9-5-8-19-13-7-6-11(15)10-12(13)14(16,17)18/h6-7,10,19H,3-5,8-9H2,1-2H3. The van der Waals surface area contributed by atoms with Crippen LogP contribution in [0.25, 0.3) is 0 Å². The van der Waals surface area contributed by atoms with Gasteiger partial charge in [-0.05, 0) is 44.3 Å². The van der Waals surface area contributed by atoms with E-state index in [0.717, 1.165) is 32.1 Å². The highest BCUT2D eigenvalue weighted by Crippen LogP contribution is 2.36. The van der Waals surface area contributed by atoms with Gasteiger partial charge >= 0.3 is 6.18 Å². The summed E-state index contributed by atoms with van der Waals surface area (Å²) in [5, 5.41) is 2.88. The molecular formula is C14H20BrF3N2. The van der Waals surface area contributed by atoms with E-state index < -0.39 is 11.7 Å². The van der Waals surface area contributed by atoms with E-state index in [-0.39, 0.29) is 5.69 Å². The Morgan fingerprint density at radius 1 is 1.20 bits per heavy atom. The van der Waals surface area contributed by atoms with Gasteiger partial charge in [-0.2, -0.15) is 13.2 Å². The third-order valence-corrected chi connectivity index (χ3v) is 3.64. The van der Waals surface area contributed by atoms with Crippen molar-refractivity contribution in [2.45, 2.75) is 26.4 Å². The molecule has 0 aliphatic rings. The average Bonchev–Trinajstić information content (AvgIpc) is 2.39. The normalized spacial score (nSPS) is 11.9. The first kappa shape index (κ1) is 17.3. The van der Waals surface area contributed by atoms with Gasteiger partial charge in [-0.1, -0.05) is 29.8 Å². The van der Waals surface area contributed by atoms with Crippen LogP contribution in [0.15, 0.2) is 22.7 Å². The van der Waals surface area contributed by atoms with Crippen molar-refractivity contribution in [1.29, 1.82) is 0 Å². The Morgan fingerprint density at radius 3 is 2.40 bits per heavy atom. The van der Waals surface area contributed by atoms with Crippen LogP contribution in [0.4, 0.5) is 18.9 Å². The average molecular weight is 353 g/mol. The van der Waals surface area contributed by atoms with E-state index in [9.17, 15) is 13.2 Å². The van der Waals surface area contributed by atoms with Gasteiger partial charge in [0.25, 0.3) is 0 Å². The molecular weight excluding hydrogens is 333 g/mol. The molecule has 0 fully saturated rings. The molecule has 6 heteroatoms. The van der Waals surface area contributed by atoms with Gasteiger partial charge in [-0.3, -0.25) is 0 Å². The van der Waals surface area contributed by atoms with Crippen molar-refractivity contribution < 1.29 is 13.2 Å². The van der Waals surface area contributed by atoms with E-state index in [1.54, 1.807) is 6.07 Å². The summed E-state index contributed by atoms with van der Waals surface area (Å²) < 4.78 is 39.1. The predicted molar refractivity (Wildman–Crippen MR) is 80.0 cm³/mol. The number of nitrogens with one attached hydrogen (secondary N) is 1. The molecule has 1 aromatic carbocycles. The van der Waals surface area contributed by atoms with Crippen LogP contribution in [-0.4, -0.2) is 31.1 Å². The van der Waals surface area contributed by atoms with Gasteiger partial charge in [0.05, 0.1) is 5.56 Å². The van der Waals surface area contributed by atoms with Crippen LogP contribution in [-0.2, 0) is 6.18 Å². The maximum atomic E-state index is 12.9. The smallest absolute Gasteiger partial charge is 0.385 e. The van der Waals surface area contributed by atoms with Gasteiger partial charge in [0, 0.05) is 16.7 Å². The summed E-state index contributed by atoms with van der Waals surface area (Å²) in [6, 6.07) is 4.18. The zero-order valence-electron chi connectivity index (χ0n) is 11.7. The summed E-state index contributed by atoms with van der Waals surface area (Å²) in [4.78, 5) is 2.24. The van der Waals surface area contributed by atoms with Crippen molar-refractivity contribution >= 4 is 21.6 Å². The lowest BCUT2D eigenvalue weighted by atomic mass is 10.1. The number of benzene rings is 1. The number of hydrogen-bond acceptors (Lipinski definition) is 2. The summed E-state index contributed by atoms with van der Waals surface area (Å²) in [6.45, 7) is 7.49. The summed E-state index contributed by atoms with van der Waals surface area (Å²) in [5.74, 6) is 0. The molecule has 0 amide bonds. The molecule has 0 heterocycles. The lowest BCUT2D eigenvalue weighted by Crippen LogP contribution is -2.25. The Balaban J connectivity index is 2.60. The number of hydrogen-bond donors (Lipinski definition) is 1. The number of halogens is 4. The first-order valence-corrected chi connectivity index (χ1v) is 7.50. The minimum Gasteiger partial charge on any atom is -0.385 e. The molecule has 0 radical (unpaired) electrons. The molecule has 0 unspecified atom stereocenters. The Bertz CT molecular complexity index is 417. The van der Waals surface area contributed by atoms with Gasteiger partial charge in [-0.15, -0.1) is 0 Å². The molecule has 0 aromatic heterocycles. The van der Waals surface area contributed by atoms with E-state index in [2.05, 4.69) is 40.0 Å². The lowest BCUT2D eigenvalue weighted by molar-refractivity contribution is -0.137. The number of alkyl halides is 3. The van der Waals surface area contributed by atoms with E-state index in [0.29, 0.717) is 11.0 Å². The Morgan fingerprint density at radius 2 is 1.85 bits per heavy atom. The monoisotopic (exact) mass is 352 g/mol. The maximum absolute atomic E-state index is 12.9. The third kappa shape index (κ3) is 5.32. The Kier molecular flexibility index (Phi) is 6.82. The fourth-order valence-corrected chi connectivity index (χ4v) is 2.33. The minimum absolute atomic E-state index is 0.139. The van der Waals surface area contributed by atoms with Crippen LogP contribution in [0.3, 0.4) is 0 Å². The van der Waals surface area contributed by atoms with Crippen molar-refractivity contribution in [2.24, 2.45) is 0 Å². The third-order valence-electron chi connectivity index (χ3n) is 3.15. The fraction of sp³-hybridized carbons (Fsp3) is 0.571. The molecule has 20 heavy (non-hydrogen) atoms. The molecule has 1 rings (SSSR count). The Labute approximate surface area is 126 Å². The molecule has 1 N–H and O–H groups in total. The number of anilines is 1. The Hall–Kier alpha value is -0.750. The summed E-state index contributed by atoms with van der Waals surface area (Å²) in [7, 11) is 0. The van der Waals surface area contributed by atoms with Crippen molar-refractivity contribution in [2.75, 3.05) is 31.5 Å². The minimum atomic E-state index is -4.34. The summed E-state index contributed by atoms with van der Waals surface area (Å²) in [6.07, 6.45) is -3.53. The number of rotatable bonds is 7. The zero-order chi connectivity index (χ0) is 15.2. The van der Waals surface area contributed by atoms with Crippen LogP contribution < -0.4 is 5.32 Å². The highest BCUT2D eigenvalue weighted by Gasteiger charge is 2.33. The predicted octanol–water partition coefficient (Wildman–Crippen LogP) is 4.61. The van der Waals surface area contributed by atoms with E-state index >= 15 is 0 Å². The van der Waals surface area contributed by atoms with Crippen LogP contribution in [0.2, 0.25) is 0 Å². The second kappa shape index (κ2) is 7.88. The van der Waals surface area contributed by atoms with Gasteiger partial charge in [-0.25, -0.2) is 0 Å². The molecule has 0 saturated carbocycles. The van der Waals surface area contributed by atoms with E-state index in [4.69, 9.17) is 0 Å². The molecule has 0 aliphatic heterocycles. The highest BCUT2D eigenvalue weighted by molar-refractivity contribution is 9.10. The van der Waals surface area contributed by atoms with Gasteiger partial charge in [0.15, 0.2) is 0 Å². The molecule has 0 spiro atoms. The molecule has 0 saturated heterocycles. The zero-order valence-corrected chi connectivity index (χ0v) is 13.3. The summed E-state index contributed by atoms with van der Waals surface area (Å²) in [5.41, 5.74) is -0.491. The lowest BCUT2D eigenvalue weighted by Gasteiger charge is -2.19. The molecule has 0 bridgehead atoms. The van der Waals surface area contributed by atoms with E-state index in [1.165, 1.54) is 6.07 Å². The quantitative estimate of drug-likeness (QED) is 0.720. The first-order valence-electron chi connectivity index (χ1n) is 6.71. The van der Waals surface area contributed by atoms with Crippen LogP contribution in [0.5, 0.6) is 0 Å². The summed E-state index contributed by atoms with van der Waals surface area (Å²) >= 11 is 3.07. The first-order chi connectivity index (χ1) is 9.38. The van der Waals surface area contributed by atoms with Crippen molar-refractivity contribution in [3.63, 3.8) is 0 Å². The second-order valence-corrected chi connectivity index (χ2v) is 5.41. The van der Waals surface area contributed by atoms with Crippen LogP contribution in [0.1, 0.15) is 25.8 Å². The fourth-order valence-electron chi connectivity index (χ4n) is 1.97. The van der Waals surface area contributed by atoms with Crippen LogP contribution >= 0.6 is 15.9 Å². The van der Waals surface area contributed by atoms with Gasteiger partial charge < -0.3 is 10.2 Å². The molecule has 0 atom stereocenters.